The lowest BCUT2D eigenvalue weighted by Gasteiger charge is -2.15. The van der Waals surface area contributed by atoms with E-state index >= 15 is 0 Å². The highest BCUT2D eigenvalue weighted by Gasteiger charge is 2.18. The molecule has 0 aromatic heterocycles. The number of aliphatic hydroxyl groups is 3. The van der Waals surface area contributed by atoms with Crippen LogP contribution in [0.15, 0.2) is 23.2 Å². The minimum atomic E-state index is -0.927. The van der Waals surface area contributed by atoms with Crippen molar-refractivity contribution in [2.24, 2.45) is 0 Å². The first-order chi connectivity index (χ1) is 4.63. The standard InChI is InChI=1S/C7H10O3/c1-4-2-3-5(8)7(10)6(4)9/h2,5,8-10H,3H2,1H3. The first kappa shape index (κ1) is 7.15. The quantitative estimate of drug-likeness (QED) is 0.473. The Balaban J connectivity index is 2.94. The van der Waals surface area contributed by atoms with Gasteiger partial charge in [-0.15, -0.1) is 0 Å². The van der Waals surface area contributed by atoms with E-state index in [9.17, 15) is 0 Å². The zero-order valence-electron chi connectivity index (χ0n) is 5.70. The fraction of sp³-hybridized carbons (Fsp3) is 0.429. The van der Waals surface area contributed by atoms with Crippen LogP contribution < -0.4 is 0 Å². The van der Waals surface area contributed by atoms with Crippen molar-refractivity contribution in [3.05, 3.63) is 23.2 Å². The van der Waals surface area contributed by atoms with Crippen molar-refractivity contribution in [2.75, 3.05) is 0 Å². The summed E-state index contributed by atoms with van der Waals surface area (Å²) >= 11 is 0. The molecule has 0 bridgehead atoms. The van der Waals surface area contributed by atoms with E-state index in [4.69, 9.17) is 15.3 Å². The van der Waals surface area contributed by atoms with Crippen molar-refractivity contribution >= 4 is 0 Å². The molecule has 0 aromatic rings. The van der Waals surface area contributed by atoms with Crippen molar-refractivity contribution < 1.29 is 15.3 Å². The van der Waals surface area contributed by atoms with Crippen LogP contribution in [-0.2, 0) is 0 Å². The average molecular weight is 142 g/mol. The van der Waals surface area contributed by atoms with Crippen molar-refractivity contribution in [3.63, 3.8) is 0 Å². The van der Waals surface area contributed by atoms with Crippen molar-refractivity contribution in [1.82, 2.24) is 0 Å². The molecule has 56 valence electrons. The van der Waals surface area contributed by atoms with Crippen LogP contribution >= 0.6 is 0 Å². The molecule has 0 fully saturated rings. The highest BCUT2D eigenvalue weighted by molar-refractivity contribution is 5.30. The molecule has 0 spiro atoms. The molecule has 3 N–H and O–H groups in total. The predicted octanol–water partition coefficient (Wildman–Crippen LogP) is 1.02. The zero-order chi connectivity index (χ0) is 7.72. The Labute approximate surface area is 58.9 Å². The van der Waals surface area contributed by atoms with Gasteiger partial charge in [0.25, 0.3) is 0 Å². The maximum atomic E-state index is 9.02. The Bertz CT molecular complexity index is 203. The summed E-state index contributed by atoms with van der Waals surface area (Å²) in [5.41, 5.74) is 0.614. The first-order valence-electron chi connectivity index (χ1n) is 3.10. The third kappa shape index (κ3) is 0.998. The van der Waals surface area contributed by atoms with Gasteiger partial charge in [-0.05, 0) is 18.9 Å². The van der Waals surface area contributed by atoms with Gasteiger partial charge >= 0.3 is 0 Å². The molecule has 0 radical (unpaired) electrons. The summed E-state index contributed by atoms with van der Waals surface area (Å²) in [6.45, 7) is 1.68. The maximum Gasteiger partial charge on any atom is 0.163 e. The highest BCUT2D eigenvalue weighted by Crippen LogP contribution is 2.20. The molecule has 10 heavy (non-hydrogen) atoms. The monoisotopic (exact) mass is 142 g/mol. The van der Waals surface area contributed by atoms with Crippen LogP contribution in [0.3, 0.4) is 0 Å². The van der Waals surface area contributed by atoms with Crippen LogP contribution in [0.5, 0.6) is 0 Å². The summed E-state index contributed by atoms with van der Waals surface area (Å²) in [7, 11) is 0. The van der Waals surface area contributed by atoms with E-state index in [2.05, 4.69) is 0 Å². The Morgan fingerprint density at radius 2 is 2.10 bits per heavy atom. The zero-order valence-corrected chi connectivity index (χ0v) is 5.70. The highest BCUT2D eigenvalue weighted by atomic mass is 16.3. The van der Waals surface area contributed by atoms with Crippen LogP contribution in [-0.4, -0.2) is 21.4 Å². The summed E-state index contributed by atoms with van der Waals surface area (Å²) in [6.07, 6.45) is 1.13. The Kier molecular flexibility index (Phi) is 1.68. The molecule has 0 aliphatic heterocycles. The van der Waals surface area contributed by atoms with E-state index in [-0.39, 0.29) is 11.5 Å². The van der Waals surface area contributed by atoms with Crippen molar-refractivity contribution in [1.29, 1.82) is 0 Å². The summed E-state index contributed by atoms with van der Waals surface area (Å²) in [4.78, 5) is 0. The number of hydrogen-bond acceptors (Lipinski definition) is 3. The first-order valence-corrected chi connectivity index (χ1v) is 3.10. The van der Waals surface area contributed by atoms with Gasteiger partial charge in [0.1, 0.15) is 6.10 Å². The van der Waals surface area contributed by atoms with Gasteiger partial charge in [0.05, 0.1) is 0 Å². The fourth-order valence-corrected chi connectivity index (χ4v) is 0.857. The lowest BCUT2D eigenvalue weighted by Crippen LogP contribution is -2.15. The van der Waals surface area contributed by atoms with Gasteiger partial charge in [-0.25, -0.2) is 0 Å². The molecule has 1 aliphatic carbocycles. The summed E-state index contributed by atoms with van der Waals surface area (Å²) < 4.78 is 0. The van der Waals surface area contributed by atoms with E-state index in [0.29, 0.717) is 12.0 Å². The van der Waals surface area contributed by atoms with Gasteiger partial charge in [0.15, 0.2) is 11.5 Å². The van der Waals surface area contributed by atoms with Crippen LogP contribution in [0, 0.1) is 0 Å². The van der Waals surface area contributed by atoms with E-state index in [0.717, 1.165) is 0 Å². The van der Waals surface area contributed by atoms with Crippen LogP contribution in [0.25, 0.3) is 0 Å². The number of allylic oxidation sites excluding steroid dienone is 1. The Morgan fingerprint density at radius 1 is 1.50 bits per heavy atom. The van der Waals surface area contributed by atoms with Gasteiger partial charge in [0, 0.05) is 0 Å². The lowest BCUT2D eigenvalue weighted by molar-refractivity contribution is 0.138. The molecule has 0 saturated carbocycles. The lowest BCUT2D eigenvalue weighted by atomic mass is 10.0. The molecule has 0 saturated heterocycles. The molecule has 1 unspecified atom stereocenters. The van der Waals surface area contributed by atoms with Crippen molar-refractivity contribution in [2.45, 2.75) is 19.4 Å². The Morgan fingerprint density at radius 3 is 2.60 bits per heavy atom. The second-order valence-corrected chi connectivity index (χ2v) is 2.37. The summed E-state index contributed by atoms with van der Waals surface area (Å²) in [5.74, 6) is -0.515. The van der Waals surface area contributed by atoms with Gasteiger partial charge in [-0.3, -0.25) is 0 Å². The van der Waals surface area contributed by atoms with Gasteiger partial charge in [0.2, 0.25) is 0 Å². The maximum absolute atomic E-state index is 9.02. The fourth-order valence-electron chi connectivity index (χ4n) is 0.857. The van der Waals surface area contributed by atoms with E-state index < -0.39 is 6.10 Å². The minimum Gasteiger partial charge on any atom is -0.506 e. The number of hydrogen-bond donors (Lipinski definition) is 3. The van der Waals surface area contributed by atoms with E-state index in [1.807, 2.05) is 0 Å². The third-order valence-electron chi connectivity index (χ3n) is 1.58. The summed E-state index contributed by atoms with van der Waals surface area (Å²) in [5, 5.41) is 26.9. The SMILES string of the molecule is CC1=CCC(O)C(O)=C1O. The molecule has 3 heteroatoms. The molecular weight excluding hydrogens is 132 g/mol. The minimum absolute atomic E-state index is 0.196. The topological polar surface area (TPSA) is 60.7 Å². The Hall–Kier alpha value is -0.960. The van der Waals surface area contributed by atoms with Crippen molar-refractivity contribution in [3.8, 4) is 0 Å². The molecule has 0 heterocycles. The average Bonchev–Trinajstić information content (AvgIpc) is 1.93. The van der Waals surface area contributed by atoms with Gasteiger partial charge in [-0.1, -0.05) is 6.08 Å². The van der Waals surface area contributed by atoms with Gasteiger partial charge in [-0.2, -0.15) is 0 Å². The second kappa shape index (κ2) is 2.34. The van der Waals surface area contributed by atoms with E-state index in [1.54, 1.807) is 13.0 Å². The molecular formula is C7H10O3. The summed E-state index contributed by atoms with van der Waals surface area (Å²) in [6, 6.07) is 0. The number of rotatable bonds is 0. The number of aliphatic hydroxyl groups excluding tert-OH is 3. The molecule has 3 nitrogen and oxygen atoms in total. The molecule has 1 aliphatic rings. The van der Waals surface area contributed by atoms with E-state index in [1.165, 1.54) is 0 Å². The predicted molar refractivity (Wildman–Crippen MR) is 36.7 cm³/mol. The second-order valence-electron chi connectivity index (χ2n) is 2.37. The third-order valence-corrected chi connectivity index (χ3v) is 1.58. The molecule has 0 amide bonds. The normalized spacial score (nSPS) is 26.6. The molecule has 1 rings (SSSR count). The smallest absolute Gasteiger partial charge is 0.163 e. The molecule has 0 aromatic carbocycles. The molecule has 1 atom stereocenters. The van der Waals surface area contributed by atoms with Crippen LogP contribution in [0.4, 0.5) is 0 Å². The van der Waals surface area contributed by atoms with Crippen LogP contribution in [0.2, 0.25) is 0 Å². The largest absolute Gasteiger partial charge is 0.506 e. The van der Waals surface area contributed by atoms with Crippen LogP contribution in [0.1, 0.15) is 13.3 Å². The van der Waals surface area contributed by atoms with Gasteiger partial charge < -0.3 is 15.3 Å².